The molecular formula is C15H26O2S. The molecule has 1 aliphatic rings. The highest BCUT2D eigenvalue weighted by molar-refractivity contribution is 8.14. The van der Waals surface area contributed by atoms with Crippen LogP contribution < -0.4 is 0 Å². The van der Waals surface area contributed by atoms with Crippen molar-refractivity contribution in [2.75, 3.05) is 0 Å². The van der Waals surface area contributed by atoms with Gasteiger partial charge < -0.3 is 5.11 Å². The third-order valence-corrected chi connectivity index (χ3v) is 4.98. The van der Waals surface area contributed by atoms with Gasteiger partial charge in [0.15, 0.2) is 5.12 Å². The van der Waals surface area contributed by atoms with Crippen LogP contribution in [-0.4, -0.2) is 21.6 Å². The van der Waals surface area contributed by atoms with Crippen molar-refractivity contribution in [1.82, 2.24) is 0 Å². The van der Waals surface area contributed by atoms with Crippen LogP contribution in [0.5, 0.6) is 0 Å². The fraction of sp³-hybridized carbons (Fsp3) is 0.800. The van der Waals surface area contributed by atoms with Crippen molar-refractivity contribution >= 4 is 16.9 Å². The zero-order chi connectivity index (χ0) is 13.4. The first kappa shape index (κ1) is 15.8. The minimum Gasteiger partial charge on any atom is -0.393 e. The van der Waals surface area contributed by atoms with E-state index < -0.39 is 0 Å². The first-order valence-electron chi connectivity index (χ1n) is 7.13. The molecule has 3 heteroatoms. The summed E-state index contributed by atoms with van der Waals surface area (Å²) in [5.41, 5.74) is 0. The summed E-state index contributed by atoms with van der Waals surface area (Å²) in [4.78, 5) is 11.8. The van der Waals surface area contributed by atoms with Crippen LogP contribution in [-0.2, 0) is 4.79 Å². The Morgan fingerprint density at radius 3 is 2.72 bits per heavy atom. The highest BCUT2D eigenvalue weighted by atomic mass is 32.2. The lowest BCUT2D eigenvalue weighted by molar-refractivity contribution is -0.111. The highest BCUT2D eigenvalue weighted by Gasteiger charge is 2.18. The number of rotatable bonds is 7. The van der Waals surface area contributed by atoms with E-state index in [0.29, 0.717) is 23.2 Å². The van der Waals surface area contributed by atoms with Crippen molar-refractivity contribution in [3.8, 4) is 0 Å². The highest BCUT2D eigenvalue weighted by Crippen LogP contribution is 2.29. The molecule has 0 bridgehead atoms. The Morgan fingerprint density at radius 2 is 2.11 bits per heavy atom. The zero-order valence-electron chi connectivity index (χ0n) is 11.4. The van der Waals surface area contributed by atoms with Crippen LogP contribution in [0.4, 0.5) is 0 Å². The molecule has 1 rings (SSSR count). The van der Waals surface area contributed by atoms with Crippen LogP contribution in [0, 0.1) is 5.92 Å². The Kier molecular flexibility index (Phi) is 7.68. The predicted octanol–water partition coefficient (Wildman–Crippen LogP) is 3.93. The topological polar surface area (TPSA) is 37.3 Å². The number of hydrogen-bond acceptors (Lipinski definition) is 3. The standard InChI is InChI=1S/C15H26O2S/c1-3-12(2)14(16)10-7-11-15(17)18-13-8-5-4-6-9-13/h3,12-14,16H,1,4-11H2,2H3/t12-,14+/m0/s1. The summed E-state index contributed by atoms with van der Waals surface area (Å²) in [6.45, 7) is 5.63. The molecule has 0 heterocycles. The summed E-state index contributed by atoms with van der Waals surface area (Å²) < 4.78 is 0. The maximum absolute atomic E-state index is 11.8. The summed E-state index contributed by atoms with van der Waals surface area (Å²) in [5.74, 6) is 0.117. The van der Waals surface area contributed by atoms with E-state index in [1.54, 1.807) is 17.8 Å². The zero-order valence-corrected chi connectivity index (χ0v) is 12.3. The largest absolute Gasteiger partial charge is 0.393 e. The first-order valence-corrected chi connectivity index (χ1v) is 8.01. The quantitative estimate of drug-likeness (QED) is 0.712. The number of hydrogen-bond donors (Lipinski definition) is 1. The van der Waals surface area contributed by atoms with E-state index in [9.17, 15) is 9.90 Å². The van der Waals surface area contributed by atoms with Crippen LogP contribution in [0.15, 0.2) is 12.7 Å². The Bertz CT molecular complexity index is 259. The molecule has 2 atom stereocenters. The van der Waals surface area contributed by atoms with Gasteiger partial charge in [0.05, 0.1) is 6.10 Å². The van der Waals surface area contributed by atoms with E-state index in [1.165, 1.54) is 32.1 Å². The van der Waals surface area contributed by atoms with E-state index in [4.69, 9.17) is 0 Å². The van der Waals surface area contributed by atoms with Crippen LogP contribution in [0.25, 0.3) is 0 Å². The van der Waals surface area contributed by atoms with Gasteiger partial charge in [0, 0.05) is 11.7 Å². The number of aliphatic hydroxyl groups is 1. The fourth-order valence-electron chi connectivity index (χ4n) is 2.30. The first-order chi connectivity index (χ1) is 8.63. The summed E-state index contributed by atoms with van der Waals surface area (Å²) in [5, 5.41) is 10.6. The molecule has 0 spiro atoms. The van der Waals surface area contributed by atoms with Gasteiger partial charge in [-0.05, 0) is 31.6 Å². The lowest BCUT2D eigenvalue weighted by atomic mass is 10.00. The molecule has 0 aliphatic heterocycles. The molecule has 18 heavy (non-hydrogen) atoms. The third kappa shape index (κ3) is 6.05. The lowest BCUT2D eigenvalue weighted by Crippen LogP contribution is -2.16. The second-order valence-electron chi connectivity index (χ2n) is 5.30. The Labute approximate surface area is 115 Å². The molecule has 104 valence electrons. The van der Waals surface area contributed by atoms with E-state index in [1.807, 2.05) is 6.92 Å². The van der Waals surface area contributed by atoms with Crippen LogP contribution >= 0.6 is 11.8 Å². The SMILES string of the molecule is C=C[C@H](C)[C@H](O)CCCC(=O)SC1CCCCC1. The molecule has 1 N–H and O–H groups in total. The number of aliphatic hydroxyl groups excluding tert-OH is 1. The van der Waals surface area contributed by atoms with Crippen molar-refractivity contribution in [3.05, 3.63) is 12.7 Å². The van der Waals surface area contributed by atoms with Gasteiger partial charge in [0.1, 0.15) is 0 Å². The molecule has 0 saturated heterocycles. The van der Waals surface area contributed by atoms with Crippen molar-refractivity contribution in [2.24, 2.45) is 5.92 Å². The second kappa shape index (κ2) is 8.76. The Morgan fingerprint density at radius 1 is 1.44 bits per heavy atom. The molecule has 0 aromatic heterocycles. The van der Waals surface area contributed by atoms with Crippen LogP contribution in [0.1, 0.15) is 58.3 Å². The van der Waals surface area contributed by atoms with Gasteiger partial charge in [-0.1, -0.05) is 44.0 Å². The monoisotopic (exact) mass is 270 g/mol. The minimum atomic E-state index is -0.352. The average molecular weight is 270 g/mol. The molecule has 2 nitrogen and oxygen atoms in total. The van der Waals surface area contributed by atoms with Gasteiger partial charge in [0.25, 0.3) is 0 Å². The number of carbonyl (C=O) groups excluding carboxylic acids is 1. The molecule has 0 radical (unpaired) electrons. The Balaban J connectivity index is 2.11. The van der Waals surface area contributed by atoms with Crippen molar-refractivity contribution in [3.63, 3.8) is 0 Å². The minimum absolute atomic E-state index is 0.117. The van der Waals surface area contributed by atoms with Gasteiger partial charge in [-0.3, -0.25) is 4.79 Å². The lowest BCUT2D eigenvalue weighted by Gasteiger charge is -2.20. The second-order valence-corrected chi connectivity index (χ2v) is 6.66. The molecule has 1 aliphatic carbocycles. The summed E-state index contributed by atoms with van der Waals surface area (Å²) >= 11 is 1.55. The molecule has 0 unspecified atom stereocenters. The summed E-state index contributed by atoms with van der Waals surface area (Å²) in [6, 6.07) is 0. The molecule has 1 saturated carbocycles. The van der Waals surface area contributed by atoms with Crippen LogP contribution in [0.2, 0.25) is 0 Å². The maximum atomic E-state index is 11.8. The van der Waals surface area contributed by atoms with E-state index >= 15 is 0 Å². The Hall–Kier alpha value is -0.280. The van der Waals surface area contributed by atoms with Crippen molar-refractivity contribution in [2.45, 2.75) is 69.6 Å². The number of thioether (sulfide) groups is 1. The normalized spacial score (nSPS) is 20.3. The smallest absolute Gasteiger partial charge is 0.189 e. The maximum Gasteiger partial charge on any atom is 0.189 e. The molecule has 0 amide bonds. The van der Waals surface area contributed by atoms with E-state index in [-0.39, 0.29) is 12.0 Å². The van der Waals surface area contributed by atoms with Crippen molar-refractivity contribution < 1.29 is 9.90 Å². The third-order valence-electron chi connectivity index (χ3n) is 3.71. The van der Waals surface area contributed by atoms with Gasteiger partial charge in [-0.15, -0.1) is 6.58 Å². The van der Waals surface area contributed by atoms with Gasteiger partial charge >= 0.3 is 0 Å². The van der Waals surface area contributed by atoms with E-state index in [0.717, 1.165) is 6.42 Å². The predicted molar refractivity (Wildman–Crippen MR) is 78.7 cm³/mol. The van der Waals surface area contributed by atoms with Gasteiger partial charge in [-0.25, -0.2) is 0 Å². The van der Waals surface area contributed by atoms with Gasteiger partial charge in [0.2, 0.25) is 0 Å². The fourth-order valence-corrected chi connectivity index (χ4v) is 3.51. The van der Waals surface area contributed by atoms with E-state index in [2.05, 4.69) is 6.58 Å². The summed E-state index contributed by atoms with van der Waals surface area (Å²) in [6.07, 6.45) is 9.79. The average Bonchev–Trinajstić information content (AvgIpc) is 2.38. The molecule has 0 aromatic carbocycles. The van der Waals surface area contributed by atoms with Crippen molar-refractivity contribution in [1.29, 1.82) is 0 Å². The van der Waals surface area contributed by atoms with Crippen LogP contribution in [0.3, 0.4) is 0 Å². The molecule has 1 fully saturated rings. The molecular weight excluding hydrogens is 244 g/mol. The summed E-state index contributed by atoms with van der Waals surface area (Å²) in [7, 11) is 0. The number of carbonyl (C=O) groups is 1. The van der Waals surface area contributed by atoms with Gasteiger partial charge in [-0.2, -0.15) is 0 Å². The molecule has 0 aromatic rings.